The van der Waals surface area contributed by atoms with Crippen LogP contribution in [0.4, 0.5) is 5.69 Å². The molecule has 0 N–H and O–H groups in total. The molecule has 21 heavy (non-hydrogen) atoms. The largest absolute Gasteiger partial charge is 0.315 e. The van der Waals surface area contributed by atoms with Crippen molar-refractivity contribution in [3.8, 4) is 0 Å². The van der Waals surface area contributed by atoms with Crippen LogP contribution in [-0.4, -0.2) is 13.0 Å². The molecule has 1 fully saturated rings. The highest BCUT2D eigenvalue weighted by molar-refractivity contribution is 6.01. The third-order valence-corrected chi connectivity index (χ3v) is 4.64. The van der Waals surface area contributed by atoms with E-state index in [9.17, 15) is 4.79 Å². The first-order valence-electron chi connectivity index (χ1n) is 7.54. The molecule has 0 heterocycles. The van der Waals surface area contributed by atoms with Crippen LogP contribution in [0.3, 0.4) is 0 Å². The summed E-state index contributed by atoms with van der Waals surface area (Å²) in [5, 5.41) is 0. The number of rotatable bonds is 3. The van der Waals surface area contributed by atoms with Crippen LogP contribution < -0.4 is 4.90 Å². The summed E-state index contributed by atoms with van der Waals surface area (Å²) in [6.07, 6.45) is 3.03. The highest BCUT2D eigenvalue weighted by Gasteiger charge is 2.47. The molecule has 1 aliphatic rings. The zero-order valence-electron chi connectivity index (χ0n) is 12.7. The summed E-state index contributed by atoms with van der Waals surface area (Å²) in [5.41, 5.74) is 2.98. The van der Waals surface area contributed by atoms with E-state index in [-0.39, 0.29) is 11.3 Å². The molecule has 0 aromatic heterocycles. The Hall–Kier alpha value is -2.09. The normalized spacial score (nSPS) is 16.1. The van der Waals surface area contributed by atoms with E-state index in [1.54, 1.807) is 0 Å². The number of likely N-dealkylation sites (N-methyl/N-ethyl adjacent to an activating group) is 1. The minimum absolute atomic E-state index is 0.213. The van der Waals surface area contributed by atoms with E-state index >= 15 is 0 Å². The van der Waals surface area contributed by atoms with Crippen molar-refractivity contribution in [1.29, 1.82) is 0 Å². The first-order chi connectivity index (χ1) is 10.1. The highest BCUT2D eigenvalue weighted by Crippen LogP contribution is 2.45. The maximum Gasteiger partial charge on any atom is 0.237 e. The van der Waals surface area contributed by atoms with E-state index in [0.717, 1.165) is 30.5 Å². The minimum Gasteiger partial charge on any atom is -0.315 e. The Labute approximate surface area is 126 Å². The Kier molecular flexibility index (Phi) is 3.54. The summed E-state index contributed by atoms with van der Waals surface area (Å²) in [7, 11) is 1.89. The van der Waals surface area contributed by atoms with Gasteiger partial charge in [0.1, 0.15) is 0 Å². The molecule has 2 nitrogen and oxygen atoms in total. The summed E-state index contributed by atoms with van der Waals surface area (Å²) in [4.78, 5) is 14.9. The molecular weight excluding hydrogens is 258 g/mol. The second kappa shape index (κ2) is 5.36. The number of anilines is 1. The van der Waals surface area contributed by atoms with Gasteiger partial charge in [0.2, 0.25) is 5.91 Å². The summed E-state index contributed by atoms with van der Waals surface area (Å²) < 4.78 is 0. The molecule has 0 radical (unpaired) electrons. The number of amides is 1. The van der Waals surface area contributed by atoms with Gasteiger partial charge in [0.15, 0.2) is 0 Å². The molecule has 1 saturated carbocycles. The zero-order valence-corrected chi connectivity index (χ0v) is 12.7. The van der Waals surface area contributed by atoms with Gasteiger partial charge in [0.05, 0.1) is 5.41 Å². The predicted octanol–water partition coefficient (Wildman–Crippen LogP) is 4.08. The third-order valence-electron chi connectivity index (χ3n) is 4.64. The van der Waals surface area contributed by atoms with Gasteiger partial charge in [0.25, 0.3) is 0 Å². The lowest BCUT2D eigenvalue weighted by molar-refractivity contribution is -0.126. The predicted molar refractivity (Wildman–Crippen MR) is 86.6 cm³/mol. The van der Waals surface area contributed by atoms with E-state index in [1.807, 2.05) is 42.3 Å². The number of carbonyl (C=O) groups excluding carboxylic acids is 1. The summed E-state index contributed by atoms with van der Waals surface area (Å²) in [5.74, 6) is 0.213. The van der Waals surface area contributed by atoms with Gasteiger partial charge in [0, 0.05) is 12.7 Å². The van der Waals surface area contributed by atoms with Crippen LogP contribution in [0.15, 0.2) is 54.6 Å². The number of hydrogen-bond donors (Lipinski definition) is 0. The standard InChI is InChI=1S/C19H21NO/c1-15-8-6-11-17(14-15)20(2)18(21)19(12-7-13-19)16-9-4-3-5-10-16/h3-6,8-11,14H,7,12-13H2,1-2H3. The van der Waals surface area contributed by atoms with Crippen LogP contribution in [-0.2, 0) is 10.2 Å². The van der Waals surface area contributed by atoms with Gasteiger partial charge < -0.3 is 4.90 Å². The molecule has 1 aliphatic carbocycles. The molecule has 108 valence electrons. The van der Waals surface area contributed by atoms with Crippen molar-refractivity contribution in [1.82, 2.24) is 0 Å². The van der Waals surface area contributed by atoms with E-state index in [4.69, 9.17) is 0 Å². The van der Waals surface area contributed by atoms with Gasteiger partial charge in [-0.3, -0.25) is 4.79 Å². The minimum atomic E-state index is -0.320. The van der Waals surface area contributed by atoms with E-state index in [0.29, 0.717) is 0 Å². The number of carbonyl (C=O) groups is 1. The van der Waals surface area contributed by atoms with Crippen LogP contribution in [0, 0.1) is 6.92 Å². The average molecular weight is 279 g/mol. The highest BCUT2D eigenvalue weighted by atomic mass is 16.2. The van der Waals surface area contributed by atoms with Crippen molar-refractivity contribution < 1.29 is 4.79 Å². The van der Waals surface area contributed by atoms with Gasteiger partial charge >= 0.3 is 0 Å². The maximum atomic E-state index is 13.1. The van der Waals surface area contributed by atoms with Gasteiger partial charge in [-0.15, -0.1) is 0 Å². The lowest BCUT2D eigenvalue weighted by Crippen LogP contribution is -2.50. The fourth-order valence-electron chi connectivity index (χ4n) is 3.19. The Morgan fingerprint density at radius 3 is 2.33 bits per heavy atom. The molecular formula is C19H21NO. The van der Waals surface area contributed by atoms with Crippen LogP contribution in [0.25, 0.3) is 0 Å². The van der Waals surface area contributed by atoms with Crippen LogP contribution in [0.1, 0.15) is 30.4 Å². The van der Waals surface area contributed by atoms with Crippen LogP contribution in [0.5, 0.6) is 0 Å². The molecule has 3 rings (SSSR count). The smallest absolute Gasteiger partial charge is 0.237 e. The third kappa shape index (κ3) is 2.35. The molecule has 2 aromatic rings. The Morgan fingerprint density at radius 2 is 1.76 bits per heavy atom. The van der Waals surface area contributed by atoms with E-state index in [2.05, 4.69) is 31.2 Å². The summed E-state index contributed by atoms with van der Waals surface area (Å²) in [6.45, 7) is 2.05. The molecule has 0 aliphatic heterocycles. The van der Waals surface area contributed by atoms with Crippen molar-refractivity contribution in [2.45, 2.75) is 31.6 Å². The van der Waals surface area contributed by atoms with Crippen molar-refractivity contribution in [2.75, 3.05) is 11.9 Å². The van der Waals surface area contributed by atoms with Gasteiger partial charge in [-0.05, 0) is 43.0 Å². The molecule has 1 amide bonds. The van der Waals surface area contributed by atoms with Crippen molar-refractivity contribution in [3.05, 3.63) is 65.7 Å². The molecule has 0 bridgehead atoms. The SMILES string of the molecule is Cc1cccc(N(C)C(=O)C2(c3ccccc3)CCC2)c1. The number of aryl methyl sites for hydroxylation is 1. The van der Waals surface area contributed by atoms with Gasteiger partial charge in [-0.25, -0.2) is 0 Å². The molecule has 0 atom stereocenters. The first-order valence-corrected chi connectivity index (χ1v) is 7.54. The molecule has 2 aromatic carbocycles. The lowest BCUT2D eigenvalue weighted by Gasteiger charge is -2.43. The number of hydrogen-bond acceptors (Lipinski definition) is 1. The zero-order chi connectivity index (χ0) is 14.9. The fraction of sp³-hybridized carbons (Fsp3) is 0.316. The first kappa shape index (κ1) is 13.9. The quantitative estimate of drug-likeness (QED) is 0.829. The molecule has 0 spiro atoms. The topological polar surface area (TPSA) is 20.3 Å². The Balaban J connectivity index is 1.93. The summed E-state index contributed by atoms with van der Waals surface area (Å²) >= 11 is 0. The van der Waals surface area contributed by atoms with Gasteiger partial charge in [-0.1, -0.05) is 48.9 Å². The van der Waals surface area contributed by atoms with E-state index in [1.165, 1.54) is 5.56 Å². The molecule has 2 heteroatoms. The summed E-state index contributed by atoms with van der Waals surface area (Å²) in [6, 6.07) is 18.3. The van der Waals surface area contributed by atoms with Crippen molar-refractivity contribution in [2.24, 2.45) is 0 Å². The van der Waals surface area contributed by atoms with Crippen LogP contribution >= 0.6 is 0 Å². The molecule has 0 saturated heterocycles. The number of nitrogens with zero attached hydrogens (tertiary/aromatic N) is 1. The van der Waals surface area contributed by atoms with E-state index < -0.39 is 0 Å². The second-order valence-corrected chi connectivity index (χ2v) is 6.00. The number of benzene rings is 2. The maximum absolute atomic E-state index is 13.1. The Bertz CT molecular complexity index is 644. The average Bonchev–Trinajstić information content (AvgIpc) is 2.46. The Morgan fingerprint density at radius 1 is 1.05 bits per heavy atom. The fourth-order valence-corrected chi connectivity index (χ4v) is 3.19. The van der Waals surface area contributed by atoms with Crippen LogP contribution in [0.2, 0.25) is 0 Å². The van der Waals surface area contributed by atoms with Gasteiger partial charge in [-0.2, -0.15) is 0 Å². The van der Waals surface area contributed by atoms with Crippen molar-refractivity contribution in [3.63, 3.8) is 0 Å². The lowest BCUT2D eigenvalue weighted by atomic mass is 9.63. The van der Waals surface area contributed by atoms with Crippen molar-refractivity contribution >= 4 is 11.6 Å². The second-order valence-electron chi connectivity index (χ2n) is 6.00. The monoisotopic (exact) mass is 279 g/mol. The molecule has 0 unspecified atom stereocenters.